The van der Waals surface area contributed by atoms with Gasteiger partial charge in [-0.05, 0) is 211 Å². The average Bonchev–Trinajstić information content (AvgIpc) is 4.31. The number of pyridine rings is 1. The molecule has 7 heteroatoms. The van der Waals surface area contributed by atoms with E-state index < -0.39 is 0 Å². The van der Waals surface area contributed by atoms with Crippen LogP contribution in [0.3, 0.4) is 0 Å². The third-order valence-corrected chi connectivity index (χ3v) is 17.7. The van der Waals surface area contributed by atoms with Crippen LogP contribution in [0.4, 0.5) is 0 Å². The van der Waals surface area contributed by atoms with E-state index in [1.165, 1.54) is 104 Å². The Bertz CT molecular complexity index is 3340. The van der Waals surface area contributed by atoms with Crippen molar-refractivity contribution in [1.29, 1.82) is 0 Å². The number of allylic oxidation sites excluding steroid dienone is 10. The third-order valence-electron chi connectivity index (χ3n) is 15.3. The monoisotopic (exact) mass is 1040 g/mol. The van der Waals surface area contributed by atoms with Crippen LogP contribution in [-0.4, -0.2) is 33.9 Å². The predicted molar refractivity (Wildman–Crippen MR) is 328 cm³/mol. The normalized spacial score (nSPS) is 19.2. The van der Waals surface area contributed by atoms with Crippen molar-refractivity contribution in [1.82, 2.24) is 4.98 Å². The maximum Gasteiger partial charge on any atom is 0.0851 e. The first-order valence-corrected chi connectivity index (χ1v) is 30.5. The number of aryl methyl sites for hydroxylation is 2. The van der Waals surface area contributed by atoms with Crippen LogP contribution in [0, 0.1) is 47.4 Å². The fraction of sp³-hybridized carbons (Fsp3) is 0.435. The highest BCUT2D eigenvalue weighted by atomic mass is 32.1. The highest BCUT2D eigenvalue weighted by molar-refractivity contribution is 7.23. The molecule has 8 rings (SSSR count). The SMILES string of the molecule is CCCCCCc1cc(C#CC#C/C2=C3/N=C(CC4N=C(/C=C5N=C(/C=C6N=C2C(CC)=C\6CC)C(CC)=C\5CC)C(CC)=C4CC)C(CC)=C3CC)sc1-c1sc(C#CC#Cc2ccncc2)cc1CCCCCC. The minimum atomic E-state index is 0.0333. The van der Waals surface area contributed by atoms with Gasteiger partial charge in [0.2, 0.25) is 0 Å². The van der Waals surface area contributed by atoms with Gasteiger partial charge in [0.05, 0.1) is 55.6 Å². The van der Waals surface area contributed by atoms with Gasteiger partial charge in [-0.2, -0.15) is 0 Å². The summed E-state index contributed by atoms with van der Waals surface area (Å²) in [5.41, 5.74) is 22.2. The second-order valence-corrected chi connectivity index (χ2v) is 22.1. The topological polar surface area (TPSA) is 62.3 Å². The number of rotatable bonds is 19. The number of unbranched alkanes of at least 4 members (excludes halogenated alkanes) is 6. The van der Waals surface area contributed by atoms with Gasteiger partial charge in [-0.1, -0.05) is 114 Å². The zero-order valence-electron chi connectivity index (χ0n) is 47.2. The highest BCUT2D eigenvalue weighted by Crippen LogP contribution is 2.44. The highest BCUT2D eigenvalue weighted by Gasteiger charge is 2.35. The van der Waals surface area contributed by atoms with Crippen molar-refractivity contribution in [3.63, 3.8) is 0 Å². The number of fused-ring (bicyclic) bond motifs is 4. The van der Waals surface area contributed by atoms with Crippen LogP contribution in [0.25, 0.3) is 9.75 Å². The molecule has 0 radical (unpaired) electrons. The van der Waals surface area contributed by atoms with Crippen molar-refractivity contribution in [2.75, 3.05) is 0 Å². The van der Waals surface area contributed by atoms with E-state index in [4.69, 9.17) is 20.0 Å². The van der Waals surface area contributed by atoms with Gasteiger partial charge in [0, 0.05) is 39.8 Å². The molecule has 8 heterocycles. The van der Waals surface area contributed by atoms with Crippen LogP contribution < -0.4 is 0 Å². The molecule has 390 valence electrons. The molecule has 5 aliphatic rings. The summed E-state index contributed by atoms with van der Waals surface area (Å²) in [6.07, 6.45) is 27.7. The Labute approximate surface area is 464 Å². The van der Waals surface area contributed by atoms with E-state index >= 15 is 0 Å². The summed E-state index contributed by atoms with van der Waals surface area (Å²) in [6.45, 7) is 22.7. The Hall–Kier alpha value is -6.35. The second-order valence-electron chi connectivity index (χ2n) is 20.0. The summed E-state index contributed by atoms with van der Waals surface area (Å²) < 4.78 is 0. The van der Waals surface area contributed by atoms with Gasteiger partial charge in [-0.3, -0.25) is 15.0 Å². The molecule has 0 N–H and O–H groups in total. The molecule has 8 bridgehead atoms. The van der Waals surface area contributed by atoms with Gasteiger partial charge in [0.15, 0.2) is 0 Å². The summed E-state index contributed by atoms with van der Waals surface area (Å²) in [4.78, 5) is 31.1. The van der Waals surface area contributed by atoms with Crippen LogP contribution in [0.2, 0.25) is 0 Å². The first kappa shape index (κ1) is 55.9. The molecule has 5 nitrogen and oxygen atoms in total. The number of hydrogen-bond acceptors (Lipinski definition) is 7. The molecule has 0 spiro atoms. The lowest BCUT2D eigenvalue weighted by atomic mass is 9.89. The minimum absolute atomic E-state index is 0.0333. The molecule has 1 atom stereocenters. The Balaban J connectivity index is 1.26. The molecule has 0 saturated heterocycles. The Morgan fingerprint density at radius 3 is 1.61 bits per heavy atom. The lowest BCUT2D eigenvalue weighted by molar-refractivity contribution is 0.666. The number of hydrogen-bond donors (Lipinski definition) is 0. The van der Waals surface area contributed by atoms with E-state index in [0.717, 1.165) is 144 Å². The van der Waals surface area contributed by atoms with Crippen molar-refractivity contribution in [2.45, 2.75) is 197 Å². The average molecular weight is 1040 g/mol. The molecule has 0 aromatic carbocycles. The van der Waals surface area contributed by atoms with Crippen molar-refractivity contribution in [3.8, 4) is 57.1 Å². The molecule has 5 aliphatic heterocycles. The summed E-state index contributed by atoms with van der Waals surface area (Å²) in [5.74, 6) is 26.9. The lowest BCUT2D eigenvalue weighted by Gasteiger charge is -2.14. The van der Waals surface area contributed by atoms with E-state index in [9.17, 15) is 0 Å². The van der Waals surface area contributed by atoms with E-state index in [1.807, 2.05) is 23.5 Å². The van der Waals surface area contributed by atoms with E-state index in [0.29, 0.717) is 0 Å². The fourth-order valence-corrected chi connectivity index (χ4v) is 13.9. The third kappa shape index (κ3) is 12.4. The maximum atomic E-state index is 5.67. The first-order chi connectivity index (χ1) is 37.3. The smallest absolute Gasteiger partial charge is 0.0851 e. The molecule has 0 fully saturated rings. The molecular weight excluding hydrogens is 963 g/mol. The van der Waals surface area contributed by atoms with Gasteiger partial charge >= 0.3 is 0 Å². The summed E-state index contributed by atoms with van der Waals surface area (Å²) >= 11 is 3.62. The molecule has 0 amide bonds. The van der Waals surface area contributed by atoms with Gasteiger partial charge in [0.1, 0.15) is 0 Å². The van der Waals surface area contributed by atoms with E-state index in [-0.39, 0.29) is 6.04 Å². The maximum absolute atomic E-state index is 5.67. The Kier molecular flexibility index (Phi) is 19.9. The number of nitrogens with zero attached hydrogens (tertiary/aromatic N) is 5. The summed E-state index contributed by atoms with van der Waals surface area (Å²) in [7, 11) is 0. The molecule has 3 aromatic rings. The van der Waals surface area contributed by atoms with Gasteiger partial charge in [0.25, 0.3) is 0 Å². The molecule has 0 aliphatic carbocycles. The van der Waals surface area contributed by atoms with E-state index in [1.54, 1.807) is 23.7 Å². The minimum Gasteiger partial charge on any atom is -0.277 e. The van der Waals surface area contributed by atoms with Crippen molar-refractivity contribution >= 4 is 45.5 Å². The fourth-order valence-electron chi connectivity index (χ4n) is 11.6. The van der Waals surface area contributed by atoms with Crippen LogP contribution >= 0.6 is 22.7 Å². The predicted octanol–water partition coefficient (Wildman–Crippen LogP) is 18.0. The molecular formula is C69H77N5S2. The lowest BCUT2D eigenvalue weighted by Crippen LogP contribution is -2.13. The van der Waals surface area contributed by atoms with Crippen LogP contribution in [-0.2, 0) is 12.8 Å². The number of aliphatic imine (C=N–C) groups is 4. The Morgan fingerprint density at radius 2 is 1.04 bits per heavy atom. The van der Waals surface area contributed by atoms with Gasteiger partial charge in [-0.25, -0.2) is 9.98 Å². The van der Waals surface area contributed by atoms with Gasteiger partial charge < -0.3 is 0 Å². The van der Waals surface area contributed by atoms with Crippen LogP contribution in [0.1, 0.15) is 205 Å². The second kappa shape index (κ2) is 27.1. The van der Waals surface area contributed by atoms with Crippen molar-refractivity contribution in [3.05, 3.63) is 143 Å². The van der Waals surface area contributed by atoms with Gasteiger partial charge in [-0.15, -0.1) is 22.7 Å². The number of aromatic nitrogens is 1. The quantitative estimate of drug-likeness (QED) is 0.0872. The van der Waals surface area contributed by atoms with Crippen molar-refractivity contribution in [2.24, 2.45) is 20.0 Å². The standard InChI is InChI=1S/C69H77N5S2/c1-11-21-23-25-32-47-41-49(34-28-27-31-46-37-39-70-40-38-46)75-68(47)69-48(33-26-24-22-12-2)42-50(76-69)35-29-30-36-59-66-57(19-9)55(17-7)64(73-66)44-62-53(15-5)51(13-3)60(71-62)43-61-52(14-4)54(16-6)63(72-61)45-65-56(18-8)58(20-10)67(59)74-65/h37-44,63H,11-26,32-33,45H2,1-10H3/b60-43-,64-44-,67-59-. The molecule has 0 saturated carbocycles. The summed E-state index contributed by atoms with van der Waals surface area (Å²) in [6, 6.07) is 8.53. The van der Waals surface area contributed by atoms with Crippen LogP contribution in [0.5, 0.6) is 0 Å². The van der Waals surface area contributed by atoms with Crippen molar-refractivity contribution < 1.29 is 0 Å². The Morgan fingerprint density at radius 1 is 0.500 bits per heavy atom. The number of thiophene rings is 2. The zero-order chi connectivity index (χ0) is 53.6. The molecule has 76 heavy (non-hydrogen) atoms. The van der Waals surface area contributed by atoms with Crippen LogP contribution in [0.15, 0.2) is 136 Å². The molecule has 3 aromatic heterocycles. The molecule has 1 unspecified atom stereocenters. The summed E-state index contributed by atoms with van der Waals surface area (Å²) in [5, 5.41) is 0. The largest absolute Gasteiger partial charge is 0.277 e. The zero-order valence-corrected chi connectivity index (χ0v) is 48.8. The first-order valence-electron chi connectivity index (χ1n) is 28.9. The van der Waals surface area contributed by atoms with E-state index in [2.05, 4.69) is 146 Å².